The van der Waals surface area contributed by atoms with Crippen LogP contribution < -0.4 is 9.73 Å². The fraction of sp³-hybridized carbons (Fsp3) is 0.176. The lowest BCUT2D eigenvalue weighted by molar-refractivity contribution is -0.119. The normalized spacial score (nSPS) is 12.0. The molecule has 0 aliphatic carbocycles. The van der Waals surface area contributed by atoms with Crippen molar-refractivity contribution in [3.63, 3.8) is 0 Å². The average molecular weight is 540 g/mol. The minimum absolute atomic E-state index is 0.0518. The van der Waals surface area contributed by atoms with E-state index in [1.165, 1.54) is 12.1 Å². The van der Waals surface area contributed by atoms with Crippen molar-refractivity contribution in [2.45, 2.75) is 6.92 Å². The lowest BCUT2D eigenvalue weighted by atomic mass is 10.1. The SMILES string of the molecule is C/C(=N\NC(=O)CN(c1cccc(Cl)c1Cl)S(C)(=O)=O)c1ccc(I)cc1. The number of hydrogen-bond donors (Lipinski definition) is 1. The Labute approximate surface area is 181 Å². The Bertz CT molecular complexity index is 979. The Kier molecular flexibility index (Phi) is 7.49. The number of anilines is 1. The summed E-state index contributed by atoms with van der Waals surface area (Å²) in [5, 5.41) is 4.27. The lowest BCUT2D eigenvalue weighted by Crippen LogP contribution is -2.39. The molecule has 0 aromatic heterocycles. The second kappa shape index (κ2) is 9.22. The highest BCUT2D eigenvalue weighted by molar-refractivity contribution is 14.1. The standard InChI is InChI=1S/C17H16Cl2IN3O3S/c1-11(12-6-8-13(20)9-7-12)21-22-16(24)10-23(27(2,25)26)15-5-3-4-14(18)17(15)19/h3-9H,10H2,1-2H3,(H,22,24)/b21-11+. The molecule has 0 saturated carbocycles. The highest BCUT2D eigenvalue weighted by Crippen LogP contribution is 2.33. The van der Waals surface area contributed by atoms with Crippen LogP contribution >= 0.6 is 45.8 Å². The number of carbonyl (C=O) groups is 1. The topological polar surface area (TPSA) is 78.8 Å². The second-order valence-electron chi connectivity index (χ2n) is 5.58. The number of amides is 1. The lowest BCUT2D eigenvalue weighted by Gasteiger charge is -2.22. The molecule has 0 atom stereocenters. The molecule has 144 valence electrons. The van der Waals surface area contributed by atoms with Crippen molar-refractivity contribution in [2.75, 3.05) is 17.1 Å². The van der Waals surface area contributed by atoms with Gasteiger partial charge in [0, 0.05) is 3.57 Å². The predicted molar refractivity (Wildman–Crippen MR) is 118 cm³/mol. The molecule has 6 nitrogen and oxygen atoms in total. The van der Waals surface area contributed by atoms with Crippen LogP contribution in [0.15, 0.2) is 47.6 Å². The van der Waals surface area contributed by atoms with E-state index in [9.17, 15) is 13.2 Å². The Morgan fingerprint density at radius 3 is 2.41 bits per heavy atom. The number of sulfonamides is 1. The minimum Gasteiger partial charge on any atom is -0.271 e. The van der Waals surface area contributed by atoms with Gasteiger partial charge in [0.05, 0.1) is 27.7 Å². The molecule has 0 spiro atoms. The third-order valence-corrected chi connectivity index (χ3v) is 6.15. The van der Waals surface area contributed by atoms with Crippen LogP contribution in [0.3, 0.4) is 0 Å². The molecule has 1 N–H and O–H groups in total. The van der Waals surface area contributed by atoms with Crippen LogP contribution in [0.4, 0.5) is 5.69 Å². The first-order valence-corrected chi connectivity index (χ1v) is 11.3. The monoisotopic (exact) mass is 539 g/mol. The van der Waals surface area contributed by atoms with Crippen molar-refractivity contribution in [3.05, 3.63) is 61.6 Å². The fourth-order valence-electron chi connectivity index (χ4n) is 2.13. The van der Waals surface area contributed by atoms with Crippen LogP contribution in [0.5, 0.6) is 0 Å². The summed E-state index contributed by atoms with van der Waals surface area (Å²) in [6.07, 6.45) is 0.984. The molecule has 2 rings (SSSR count). The highest BCUT2D eigenvalue weighted by atomic mass is 127. The number of rotatable bonds is 6. The molecule has 2 aromatic rings. The predicted octanol–water partition coefficient (Wildman–Crippen LogP) is 3.90. The summed E-state index contributed by atoms with van der Waals surface area (Å²) in [6.45, 7) is 1.26. The number of hydrazone groups is 1. The van der Waals surface area contributed by atoms with Gasteiger partial charge >= 0.3 is 0 Å². The van der Waals surface area contributed by atoms with Crippen LogP contribution in [-0.4, -0.2) is 32.8 Å². The summed E-state index contributed by atoms with van der Waals surface area (Å²) in [4.78, 5) is 12.3. The van der Waals surface area contributed by atoms with Gasteiger partial charge in [-0.25, -0.2) is 13.8 Å². The van der Waals surface area contributed by atoms with E-state index in [-0.39, 0.29) is 15.7 Å². The van der Waals surface area contributed by atoms with Gasteiger partial charge in [0.1, 0.15) is 6.54 Å². The zero-order chi connectivity index (χ0) is 20.2. The van der Waals surface area contributed by atoms with Crippen LogP contribution in [-0.2, 0) is 14.8 Å². The van der Waals surface area contributed by atoms with E-state index in [4.69, 9.17) is 23.2 Å². The van der Waals surface area contributed by atoms with E-state index < -0.39 is 22.5 Å². The van der Waals surface area contributed by atoms with Crippen molar-refractivity contribution in [1.29, 1.82) is 0 Å². The molecule has 0 aliphatic rings. The number of carbonyl (C=O) groups excluding carboxylic acids is 1. The molecule has 10 heteroatoms. The molecule has 1 amide bonds. The van der Waals surface area contributed by atoms with Gasteiger partial charge in [-0.1, -0.05) is 41.4 Å². The van der Waals surface area contributed by atoms with Gasteiger partial charge in [0.2, 0.25) is 10.0 Å². The molecule has 0 radical (unpaired) electrons. The van der Waals surface area contributed by atoms with Gasteiger partial charge < -0.3 is 0 Å². The number of nitrogens with zero attached hydrogens (tertiary/aromatic N) is 2. The van der Waals surface area contributed by atoms with Crippen molar-refractivity contribution >= 4 is 73.1 Å². The van der Waals surface area contributed by atoms with Crippen molar-refractivity contribution in [2.24, 2.45) is 5.10 Å². The van der Waals surface area contributed by atoms with Crippen LogP contribution in [0.1, 0.15) is 12.5 Å². The van der Waals surface area contributed by atoms with Crippen LogP contribution in [0.2, 0.25) is 10.0 Å². The van der Waals surface area contributed by atoms with Crippen LogP contribution in [0.25, 0.3) is 0 Å². The van der Waals surface area contributed by atoms with Crippen molar-refractivity contribution in [1.82, 2.24) is 5.43 Å². The van der Waals surface area contributed by atoms with Gasteiger partial charge in [-0.15, -0.1) is 0 Å². The van der Waals surface area contributed by atoms with Gasteiger partial charge in [-0.3, -0.25) is 9.10 Å². The molecule has 0 heterocycles. The molecule has 2 aromatic carbocycles. The third kappa shape index (κ3) is 6.06. The average Bonchev–Trinajstić information content (AvgIpc) is 2.60. The molecule has 0 saturated heterocycles. The summed E-state index contributed by atoms with van der Waals surface area (Å²) in [6, 6.07) is 12.2. The summed E-state index contributed by atoms with van der Waals surface area (Å²) in [5.74, 6) is -0.610. The molecule has 0 fully saturated rings. The molecule has 0 bridgehead atoms. The first-order chi connectivity index (χ1) is 12.6. The first kappa shape index (κ1) is 21.9. The van der Waals surface area contributed by atoms with Crippen molar-refractivity contribution < 1.29 is 13.2 Å². The van der Waals surface area contributed by atoms with E-state index in [0.29, 0.717) is 5.71 Å². The Morgan fingerprint density at radius 1 is 1.19 bits per heavy atom. The second-order valence-corrected chi connectivity index (χ2v) is 9.52. The number of hydrogen-bond acceptors (Lipinski definition) is 4. The van der Waals surface area contributed by atoms with Gasteiger partial charge in [0.15, 0.2) is 0 Å². The summed E-state index contributed by atoms with van der Waals surface area (Å²) in [7, 11) is -3.77. The molecule has 0 aliphatic heterocycles. The van der Waals surface area contributed by atoms with E-state index >= 15 is 0 Å². The summed E-state index contributed by atoms with van der Waals surface area (Å²) < 4.78 is 26.2. The Morgan fingerprint density at radius 2 is 1.81 bits per heavy atom. The molecule has 0 unspecified atom stereocenters. The van der Waals surface area contributed by atoms with E-state index in [1.54, 1.807) is 13.0 Å². The minimum atomic E-state index is -3.77. The maximum atomic E-state index is 12.3. The number of benzene rings is 2. The smallest absolute Gasteiger partial charge is 0.260 e. The third-order valence-electron chi connectivity index (χ3n) is 3.50. The maximum Gasteiger partial charge on any atom is 0.260 e. The Hall–Kier alpha value is -1.36. The number of halogens is 3. The molecule has 27 heavy (non-hydrogen) atoms. The van der Waals surface area contributed by atoms with E-state index in [0.717, 1.165) is 19.7 Å². The summed E-state index contributed by atoms with van der Waals surface area (Å²) in [5.41, 5.74) is 3.92. The van der Waals surface area contributed by atoms with Gasteiger partial charge in [-0.05, 0) is 59.3 Å². The van der Waals surface area contributed by atoms with E-state index in [2.05, 4.69) is 33.1 Å². The largest absolute Gasteiger partial charge is 0.271 e. The fourth-order valence-corrected chi connectivity index (χ4v) is 3.80. The van der Waals surface area contributed by atoms with Crippen LogP contribution in [0, 0.1) is 3.57 Å². The van der Waals surface area contributed by atoms with Crippen molar-refractivity contribution in [3.8, 4) is 0 Å². The quantitative estimate of drug-likeness (QED) is 0.343. The maximum absolute atomic E-state index is 12.3. The Balaban J connectivity index is 2.18. The summed E-state index contributed by atoms with van der Waals surface area (Å²) >= 11 is 14.2. The zero-order valence-electron chi connectivity index (χ0n) is 14.4. The highest BCUT2D eigenvalue weighted by Gasteiger charge is 2.23. The molecular weight excluding hydrogens is 524 g/mol. The first-order valence-electron chi connectivity index (χ1n) is 7.60. The number of nitrogens with one attached hydrogen (secondary N) is 1. The molecular formula is C17H16Cl2IN3O3S. The zero-order valence-corrected chi connectivity index (χ0v) is 18.9. The van der Waals surface area contributed by atoms with Gasteiger partial charge in [-0.2, -0.15) is 5.10 Å². The van der Waals surface area contributed by atoms with Gasteiger partial charge in [0.25, 0.3) is 5.91 Å². The van der Waals surface area contributed by atoms with E-state index in [1.807, 2.05) is 24.3 Å².